The summed E-state index contributed by atoms with van der Waals surface area (Å²) in [5.74, 6) is -0.810. The molecule has 1 aromatic carbocycles. The first-order chi connectivity index (χ1) is 11.9. The second-order valence-corrected chi connectivity index (χ2v) is 8.66. The molecule has 9 heteroatoms. The van der Waals surface area contributed by atoms with Crippen molar-refractivity contribution in [2.45, 2.75) is 36.6 Å². The zero-order valence-electron chi connectivity index (χ0n) is 14.5. The van der Waals surface area contributed by atoms with Gasteiger partial charge in [-0.1, -0.05) is 0 Å². The number of sulfonamides is 1. The van der Waals surface area contributed by atoms with Gasteiger partial charge in [-0.15, -0.1) is 12.4 Å². The Morgan fingerprint density at radius 2 is 1.81 bits per heavy atom. The van der Waals surface area contributed by atoms with Crippen LogP contribution >= 0.6 is 12.4 Å². The van der Waals surface area contributed by atoms with Crippen molar-refractivity contribution in [3.8, 4) is 0 Å². The number of carbonyl (C=O) groups excluding carboxylic acids is 1. The lowest BCUT2D eigenvalue weighted by atomic mass is 9.97. The Labute approximate surface area is 160 Å². The van der Waals surface area contributed by atoms with Crippen molar-refractivity contribution in [3.05, 3.63) is 30.1 Å². The summed E-state index contributed by atoms with van der Waals surface area (Å²) in [5, 5.41) is 0. The van der Waals surface area contributed by atoms with Gasteiger partial charge >= 0.3 is 0 Å². The molecule has 1 amide bonds. The van der Waals surface area contributed by atoms with E-state index in [1.54, 1.807) is 0 Å². The predicted molar refractivity (Wildman–Crippen MR) is 98.9 cm³/mol. The number of nitrogens with zero attached hydrogens (tertiary/aromatic N) is 2. The summed E-state index contributed by atoms with van der Waals surface area (Å²) in [4.78, 5) is 14.7. The molecular formula is C17H25ClFN3O3S. The summed E-state index contributed by atoms with van der Waals surface area (Å²) in [5.41, 5.74) is 5.75. The third-order valence-corrected chi connectivity index (χ3v) is 7.00. The van der Waals surface area contributed by atoms with Crippen LogP contribution in [0.4, 0.5) is 4.39 Å². The third-order valence-electron chi connectivity index (χ3n) is 5.12. The number of hydrogen-bond acceptors (Lipinski definition) is 4. The van der Waals surface area contributed by atoms with Crippen LogP contribution in [0.1, 0.15) is 25.7 Å². The van der Waals surface area contributed by atoms with Gasteiger partial charge in [0.25, 0.3) is 0 Å². The van der Waals surface area contributed by atoms with Gasteiger partial charge in [-0.3, -0.25) is 4.79 Å². The Hall–Kier alpha value is -1.22. The van der Waals surface area contributed by atoms with Crippen molar-refractivity contribution in [2.75, 3.05) is 26.2 Å². The molecule has 2 atom stereocenters. The summed E-state index contributed by atoms with van der Waals surface area (Å²) < 4.78 is 39.9. The predicted octanol–water partition coefficient (Wildman–Crippen LogP) is 1.60. The topological polar surface area (TPSA) is 83.7 Å². The van der Waals surface area contributed by atoms with Gasteiger partial charge in [-0.2, -0.15) is 4.31 Å². The number of piperidine rings is 1. The fraction of sp³-hybridized carbons (Fsp3) is 0.588. The van der Waals surface area contributed by atoms with E-state index in [0.717, 1.165) is 25.0 Å². The van der Waals surface area contributed by atoms with Gasteiger partial charge < -0.3 is 10.6 Å². The van der Waals surface area contributed by atoms with Crippen LogP contribution in [0.5, 0.6) is 0 Å². The van der Waals surface area contributed by atoms with Crippen LogP contribution in [-0.2, 0) is 14.8 Å². The molecule has 26 heavy (non-hydrogen) atoms. The van der Waals surface area contributed by atoms with Gasteiger partial charge in [0.1, 0.15) is 5.82 Å². The van der Waals surface area contributed by atoms with Crippen molar-refractivity contribution in [1.29, 1.82) is 0 Å². The molecule has 6 nitrogen and oxygen atoms in total. The monoisotopic (exact) mass is 405 g/mol. The summed E-state index contributed by atoms with van der Waals surface area (Å²) in [6.45, 7) is 1.69. The minimum absolute atomic E-state index is 0. The first kappa shape index (κ1) is 21.1. The lowest BCUT2D eigenvalue weighted by Crippen LogP contribution is -2.49. The van der Waals surface area contributed by atoms with Gasteiger partial charge in [0.15, 0.2) is 0 Å². The maximum absolute atomic E-state index is 13.1. The number of nitrogens with two attached hydrogens (primary N) is 1. The van der Waals surface area contributed by atoms with Crippen LogP contribution in [0, 0.1) is 11.7 Å². The number of likely N-dealkylation sites (tertiary alicyclic amines) is 1. The molecule has 2 N–H and O–H groups in total. The number of benzene rings is 1. The highest BCUT2D eigenvalue weighted by atomic mass is 35.5. The van der Waals surface area contributed by atoms with Crippen LogP contribution in [0.3, 0.4) is 0 Å². The second kappa shape index (κ2) is 8.65. The minimum Gasteiger partial charge on any atom is -0.338 e. The zero-order chi connectivity index (χ0) is 18.0. The molecule has 0 aromatic heterocycles. The number of hydrogen-bond donors (Lipinski definition) is 1. The Bertz CT molecular complexity index is 729. The highest BCUT2D eigenvalue weighted by Crippen LogP contribution is 2.27. The lowest BCUT2D eigenvalue weighted by Gasteiger charge is -2.34. The third kappa shape index (κ3) is 4.19. The van der Waals surface area contributed by atoms with E-state index >= 15 is 0 Å². The average molecular weight is 406 g/mol. The van der Waals surface area contributed by atoms with E-state index in [0.29, 0.717) is 32.5 Å². The Kier molecular flexibility index (Phi) is 7.01. The molecule has 3 rings (SSSR count). The fourth-order valence-corrected chi connectivity index (χ4v) is 5.25. The Morgan fingerprint density at radius 1 is 1.15 bits per heavy atom. The molecule has 2 saturated heterocycles. The molecule has 2 aliphatic heterocycles. The molecule has 2 aliphatic rings. The van der Waals surface area contributed by atoms with Crippen LogP contribution in [0.15, 0.2) is 29.2 Å². The summed E-state index contributed by atoms with van der Waals surface area (Å²) in [7, 11) is -3.72. The largest absolute Gasteiger partial charge is 0.338 e. The molecule has 0 spiro atoms. The average Bonchev–Trinajstić information content (AvgIpc) is 3.10. The van der Waals surface area contributed by atoms with Crippen molar-refractivity contribution < 1.29 is 17.6 Å². The number of rotatable bonds is 4. The molecule has 0 aliphatic carbocycles. The van der Waals surface area contributed by atoms with Crippen molar-refractivity contribution in [1.82, 2.24) is 9.21 Å². The number of halogens is 2. The fourth-order valence-electron chi connectivity index (χ4n) is 3.72. The quantitative estimate of drug-likeness (QED) is 0.824. The smallest absolute Gasteiger partial charge is 0.243 e. The van der Waals surface area contributed by atoms with Gasteiger partial charge in [-0.25, -0.2) is 12.8 Å². The highest BCUT2D eigenvalue weighted by molar-refractivity contribution is 7.89. The Balaban J connectivity index is 0.00000243. The SMILES string of the molecule is Cl.NCC1CCCN1C(=O)C1CCCN(S(=O)(=O)c2ccc(F)cc2)C1. The number of amides is 1. The molecule has 2 fully saturated rings. The van der Waals surface area contributed by atoms with E-state index < -0.39 is 15.8 Å². The number of carbonyl (C=O) groups is 1. The zero-order valence-corrected chi connectivity index (χ0v) is 16.1. The molecule has 0 bridgehead atoms. The van der Waals surface area contributed by atoms with Crippen LogP contribution in [0.25, 0.3) is 0 Å². The van der Waals surface area contributed by atoms with Crippen LogP contribution in [-0.4, -0.2) is 55.8 Å². The Morgan fingerprint density at radius 3 is 2.46 bits per heavy atom. The molecule has 0 saturated carbocycles. The van der Waals surface area contributed by atoms with Gasteiger partial charge in [0.2, 0.25) is 15.9 Å². The van der Waals surface area contributed by atoms with Gasteiger partial charge in [0.05, 0.1) is 10.8 Å². The highest BCUT2D eigenvalue weighted by Gasteiger charge is 2.37. The van der Waals surface area contributed by atoms with E-state index in [4.69, 9.17) is 5.73 Å². The van der Waals surface area contributed by atoms with Crippen LogP contribution < -0.4 is 5.73 Å². The van der Waals surface area contributed by atoms with Crippen molar-refractivity contribution in [2.24, 2.45) is 11.7 Å². The molecule has 0 radical (unpaired) electrons. The first-order valence-electron chi connectivity index (χ1n) is 8.69. The van der Waals surface area contributed by atoms with E-state index in [1.807, 2.05) is 4.90 Å². The van der Waals surface area contributed by atoms with Gasteiger partial charge in [-0.05, 0) is 49.9 Å². The van der Waals surface area contributed by atoms with Crippen molar-refractivity contribution >= 4 is 28.3 Å². The minimum atomic E-state index is -3.72. The van der Waals surface area contributed by atoms with Crippen molar-refractivity contribution in [3.63, 3.8) is 0 Å². The molecule has 2 unspecified atom stereocenters. The van der Waals surface area contributed by atoms with E-state index in [-0.39, 0.29) is 41.7 Å². The normalized spacial score (nSPS) is 24.3. The second-order valence-electron chi connectivity index (χ2n) is 6.72. The summed E-state index contributed by atoms with van der Waals surface area (Å²) in [6.07, 6.45) is 3.17. The van der Waals surface area contributed by atoms with Crippen LogP contribution in [0.2, 0.25) is 0 Å². The molecule has 146 valence electrons. The standard InChI is InChI=1S/C17H24FN3O3S.ClH/c18-14-5-7-16(8-6-14)25(23,24)20-9-1-3-13(12-20)17(22)21-10-2-4-15(21)11-19;/h5-8,13,15H,1-4,9-12,19H2;1H. The van der Waals surface area contributed by atoms with E-state index in [2.05, 4.69) is 0 Å². The van der Waals surface area contributed by atoms with E-state index in [9.17, 15) is 17.6 Å². The molecular weight excluding hydrogens is 381 g/mol. The summed E-state index contributed by atoms with van der Waals surface area (Å²) in [6, 6.07) is 4.87. The van der Waals surface area contributed by atoms with E-state index in [1.165, 1.54) is 16.4 Å². The summed E-state index contributed by atoms with van der Waals surface area (Å²) >= 11 is 0. The van der Waals surface area contributed by atoms with Gasteiger partial charge in [0, 0.05) is 32.2 Å². The maximum Gasteiger partial charge on any atom is 0.243 e. The molecule has 1 aromatic rings. The lowest BCUT2D eigenvalue weighted by molar-refractivity contribution is -0.137. The molecule has 2 heterocycles. The first-order valence-corrected chi connectivity index (χ1v) is 10.1. The maximum atomic E-state index is 13.1.